The highest BCUT2D eigenvalue weighted by Crippen LogP contribution is 2.29. The van der Waals surface area contributed by atoms with Gasteiger partial charge in [-0.3, -0.25) is 13.9 Å². The van der Waals surface area contributed by atoms with Gasteiger partial charge in [-0.1, -0.05) is 59.4 Å². The molecule has 35 heavy (non-hydrogen) atoms. The van der Waals surface area contributed by atoms with Gasteiger partial charge in [-0.25, -0.2) is 8.42 Å². The quantitative estimate of drug-likeness (QED) is 0.406. The topological polar surface area (TPSA) is 86.8 Å². The van der Waals surface area contributed by atoms with Crippen molar-refractivity contribution >= 4 is 73.9 Å². The van der Waals surface area contributed by atoms with Gasteiger partial charge in [0, 0.05) is 12.6 Å². The molecule has 2 amide bonds. The number of benzene rings is 2. The third kappa shape index (κ3) is 8.15. The van der Waals surface area contributed by atoms with E-state index in [0.29, 0.717) is 22.0 Å². The summed E-state index contributed by atoms with van der Waals surface area (Å²) in [6, 6.07) is 8.14. The van der Waals surface area contributed by atoms with Crippen molar-refractivity contribution in [3.05, 3.63) is 62.1 Å². The van der Waals surface area contributed by atoms with Gasteiger partial charge in [0.25, 0.3) is 0 Å². The molecule has 1 atom stereocenters. The molecule has 0 aliphatic heterocycles. The van der Waals surface area contributed by atoms with E-state index in [1.54, 1.807) is 25.1 Å². The van der Waals surface area contributed by atoms with Crippen molar-refractivity contribution in [1.29, 1.82) is 0 Å². The molecule has 7 nitrogen and oxygen atoms in total. The molecule has 0 heterocycles. The van der Waals surface area contributed by atoms with E-state index in [4.69, 9.17) is 46.4 Å². The van der Waals surface area contributed by atoms with Crippen LogP contribution in [0.3, 0.4) is 0 Å². The molecular weight excluding hydrogens is 556 g/mol. The number of anilines is 1. The van der Waals surface area contributed by atoms with Crippen molar-refractivity contribution in [2.24, 2.45) is 0 Å². The third-order valence-electron chi connectivity index (χ3n) is 5.02. The first kappa shape index (κ1) is 29.5. The van der Waals surface area contributed by atoms with E-state index < -0.39 is 28.5 Å². The van der Waals surface area contributed by atoms with E-state index in [1.165, 1.54) is 23.1 Å². The maximum atomic E-state index is 13.6. The van der Waals surface area contributed by atoms with Gasteiger partial charge in [0.15, 0.2) is 0 Å². The molecule has 192 valence electrons. The van der Waals surface area contributed by atoms with E-state index >= 15 is 0 Å². The Morgan fingerprint density at radius 2 is 1.51 bits per heavy atom. The summed E-state index contributed by atoms with van der Waals surface area (Å²) < 4.78 is 26.1. The molecule has 1 N–H and O–H groups in total. The van der Waals surface area contributed by atoms with E-state index in [1.807, 2.05) is 13.8 Å². The lowest BCUT2D eigenvalue weighted by molar-refractivity contribution is -0.140. The number of hydrogen-bond donors (Lipinski definition) is 1. The van der Waals surface area contributed by atoms with Crippen LogP contribution in [0.15, 0.2) is 36.4 Å². The molecule has 2 rings (SSSR count). The van der Waals surface area contributed by atoms with E-state index in [9.17, 15) is 18.0 Å². The molecule has 0 radical (unpaired) electrons. The van der Waals surface area contributed by atoms with Crippen molar-refractivity contribution in [3.8, 4) is 0 Å². The number of carbonyl (C=O) groups is 2. The van der Waals surface area contributed by atoms with Crippen LogP contribution >= 0.6 is 46.4 Å². The van der Waals surface area contributed by atoms with E-state index in [2.05, 4.69) is 5.32 Å². The van der Waals surface area contributed by atoms with E-state index in [-0.39, 0.29) is 34.2 Å². The van der Waals surface area contributed by atoms with Gasteiger partial charge in [-0.05, 0) is 56.2 Å². The Labute approximate surface area is 226 Å². The first-order valence-electron chi connectivity index (χ1n) is 10.7. The average Bonchev–Trinajstić information content (AvgIpc) is 2.75. The molecular formula is C23H27Cl4N3O4S. The van der Waals surface area contributed by atoms with Crippen LogP contribution in [0, 0.1) is 0 Å². The van der Waals surface area contributed by atoms with Gasteiger partial charge in [-0.15, -0.1) is 0 Å². The predicted molar refractivity (Wildman–Crippen MR) is 143 cm³/mol. The molecule has 12 heteroatoms. The molecule has 0 spiro atoms. The number of nitrogens with zero attached hydrogens (tertiary/aromatic N) is 2. The second kappa shape index (κ2) is 12.5. The van der Waals surface area contributed by atoms with Crippen LogP contribution < -0.4 is 9.62 Å². The summed E-state index contributed by atoms with van der Waals surface area (Å²) in [7, 11) is -3.89. The Morgan fingerprint density at radius 1 is 0.943 bits per heavy atom. The number of hydrogen-bond acceptors (Lipinski definition) is 4. The molecule has 0 fully saturated rings. The summed E-state index contributed by atoms with van der Waals surface area (Å²) >= 11 is 24.2. The number of nitrogens with one attached hydrogen (secondary N) is 1. The van der Waals surface area contributed by atoms with Crippen molar-refractivity contribution < 1.29 is 18.0 Å². The lowest BCUT2D eigenvalue weighted by Crippen LogP contribution is -2.53. The summed E-state index contributed by atoms with van der Waals surface area (Å²) in [5, 5.41) is 3.85. The first-order chi connectivity index (χ1) is 16.2. The fraction of sp³-hybridized carbons (Fsp3) is 0.391. The van der Waals surface area contributed by atoms with Crippen LogP contribution in [0.2, 0.25) is 20.1 Å². The molecule has 0 saturated heterocycles. The van der Waals surface area contributed by atoms with Gasteiger partial charge in [0.05, 0.1) is 32.0 Å². The predicted octanol–water partition coefficient (Wildman–Crippen LogP) is 5.40. The first-order valence-corrected chi connectivity index (χ1v) is 14.1. The number of halogens is 4. The number of rotatable bonds is 10. The Balaban J connectivity index is 2.48. The molecule has 0 unspecified atom stereocenters. The van der Waals surface area contributed by atoms with Gasteiger partial charge in [0.2, 0.25) is 21.8 Å². The van der Waals surface area contributed by atoms with Crippen LogP contribution in [0.5, 0.6) is 0 Å². The second-order valence-electron chi connectivity index (χ2n) is 8.23. The third-order valence-corrected chi connectivity index (χ3v) is 7.64. The largest absolute Gasteiger partial charge is 0.352 e. The van der Waals surface area contributed by atoms with Crippen LogP contribution in [-0.2, 0) is 26.2 Å². The second-order valence-corrected chi connectivity index (χ2v) is 11.8. The van der Waals surface area contributed by atoms with Gasteiger partial charge in [0.1, 0.15) is 12.6 Å². The maximum Gasteiger partial charge on any atom is 0.244 e. The number of sulfonamides is 1. The Kier molecular flexibility index (Phi) is 10.5. The summed E-state index contributed by atoms with van der Waals surface area (Å²) in [4.78, 5) is 27.9. The molecule has 2 aromatic carbocycles. The van der Waals surface area contributed by atoms with Crippen molar-refractivity contribution in [2.45, 2.75) is 45.8 Å². The fourth-order valence-electron chi connectivity index (χ4n) is 3.39. The zero-order valence-corrected chi connectivity index (χ0v) is 23.5. The van der Waals surface area contributed by atoms with E-state index in [0.717, 1.165) is 10.6 Å². The minimum absolute atomic E-state index is 0.0126. The lowest BCUT2D eigenvalue weighted by atomic mass is 10.1. The molecule has 0 aliphatic carbocycles. The number of carbonyl (C=O) groups excluding carboxylic acids is 2. The average molecular weight is 583 g/mol. The highest BCUT2D eigenvalue weighted by molar-refractivity contribution is 7.92. The molecule has 0 aliphatic rings. The zero-order chi connectivity index (χ0) is 26.5. The minimum atomic E-state index is -3.89. The van der Waals surface area contributed by atoms with Crippen LogP contribution in [0.1, 0.15) is 32.8 Å². The van der Waals surface area contributed by atoms with Crippen LogP contribution in [0.25, 0.3) is 0 Å². The molecule has 0 saturated carbocycles. The zero-order valence-electron chi connectivity index (χ0n) is 19.7. The van der Waals surface area contributed by atoms with Crippen molar-refractivity contribution in [1.82, 2.24) is 10.2 Å². The summed E-state index contributed by atoms with van der Waals surface area (Å²) in [6.07, 6.45) is 1.28. The monoisotopic (exact) mass is 581 g/mol. The molecule has 2 aromatic rings. The van der Waals surface area contributed by atoms with Crippen molar-refractivity contribution in [2.75, 3.05) is 17.1 Å². The highest BCUT2D eigenvalue weighted by atomic mass is 35.5. The summed E-state index contributed by atoms with van der Waals surface area (Å²) in [5.74, 6) is -0.935. The molecule has 0 bridgehead atoms. The SMILES string of the molecule is CC[C@H](C(=O)NC(C)C)N(Cc1ccc(Cl)c(Cl)c1)C(=O)CN(c1ccc(Cl)c(Cl)c1)S(C)(=O)=O. The minimum Gasteiger partial charge on any atom is -0.352 e. The smallest absolute Gasteiger partial charge is 0.244 e. The summed E-state index contributed by atoms with van der Waals surface area (Å²) in [5.41, 5.74) is 0.799. The van der Waals surface area contributed by atoms with Gasteiger partial charge in [-0.2, -0.15) is 0 Å². The van der Waals surface area contributed by atoms with Crippen molar-refractivity contribution in [3.63, 3.8) is 0 Å². The highest BCUT2D eigenvalue weighted by Gasteiger charge is 2.32. The Bertz CT molecular complexity index is 1190. The lowest BCUT2D eigenvalue weighted by Gasteiger charge is -2.33. The fourth-order valence-corrected chi connectivity index (χ4v) is 4.84. The Hall–Kier alpha value is -1.71. The number of amides is 2. The van der Waals surface area contributed by atoms with Gasteiger partial charge < -0.3 is 10.2 Å². The van der Waals surface area contributed by atoms with Crippen LogP contribution in [-0.4, -0.2) is 50.0 Å². The maximum absolute atomic E-state index is 13.6. The molecule has 0 aromatic heterocycles. The van der Waals surface area contributed by atoms with Crippen LogP contribution in [0.4, 0.5) is 5.69 Å². The summed E-state index contributed by atoms with van der Waals surface area (Å²) in [6.45, 7) is 4.85. The standard InChI is InChI=1S/C23H27Cl4N3O4S/c1-5-21(23(32)28-14(2)3)29(12-15-6-8-17(24)19(26)10-15)22(31)13-30(35(4,33)34)16-7-9-18(25)20(27)11-16/h6-11,14,21H,5,12-13H2,1-4H3,(H,28,32)/t21-/m1/s1. The Morgan fingerprint density at radius 3 is 2.00 bits per heavy atom. The van der Waals surface area contributed by atoms with Gasteiger partial charge >= 0.3 is 0 Å². The normalized spacial score (nSPS) is 12.4.